The van der Waals surface area contributed by atoms with Gasteiger partial charge in [-0.1, -0.05) is 0 Å². The van der Waals surface area contributed by atoms with Crippen LogP contribution in [0.15, 0.2) is 42.0 Å². The molecule has 0 N–H and O–H groups in total. The Balaban J connectivity index is 2.57. The normalized spacial score (nSPS) is 11.1. The van der Waals surface area contributed by atoms with Gasteiger partial charge in [0.15, 0.2) is 0 Å². The third-order valence-electron chi connectivity index (χ3n) is 2.21. The van der Waals surface area contributed by atoms with E-state index in [4.69, 9.17) is 0 Å². The van der Waals surface area contributed by atoms with E-state index in [9.17, 15) is 0 Å². The molecule has 1 aromatic carbocycles. The van der Waals surface area contributed by atoms with Gasteiger partial charge in [-0.15, -0.1) is 11.3 Å². The van der Waals surface area contributed by atoms with Crippen molar-refractivity contribution in [3.05, 3.63) is 42.0 Å². The van der Waals surface area contributed by atoms with E-state index in [0.29, 0.717) is 0 Å². The monoisotopic (exact) mass is 185 g/mol. The SMILES string of the molecule is c1cc2cc3sccc3cc2cn1. The first-order valence-electron chi connectivity index (χ1n) is 4.14. The van der Waals surface area contributed by atoms with Gasteiger partial charge in [0.1, 0.15) is 0 Å². The van der Waals surface area contributed by atoms with Gasteiger partial charge >= 0.3 is 0 Å². The second-order valence-corrected chi connectivity index (χ2v) is 3.98. The van der Waals surface area contributed by atoms with Crippen LogP contribution in [0.1, 0.15) is 0 Å². The molecule has 0 fully saturated rings. The number of benzene rings is 1. The molecule has 3 rings (SSSR count). The fraction of sp³-hybridized carbons (Fsp3) is 0. The molecule has 2 heteroatoms. The fourth-order valence-corrected chi connectivity index (χ4v) is 2.36. The van der Waals surface area contributed by atoms with Crippen molar-refractivity contribution >= 4 is 32.2 Å². The highest BCUT2D eigenvalue weighted by Gasteiger charge is 1.97. The Bertz CT molecular complexity index is 519. The number of thiophene rings is 1. The number of hydrogen-bond acceptors (Lipinski definition) is 2. The summed E-state index contributed by atoms with van der Waals surface area (Å²) in [6.45, 7) is 0. The van der Waals surface area contributed by atoms with Crippen molar-refractivity contribution in [2.24, 2.45) is 0 Å². The zero-order valence-electron chi connectivity index (χ0n) is 6.90. The molecule has 13 heavy (non-hydrogen) atoms. The van der Waals surface area contributed by atoms with Crippen molar-refractivity contribution in [1.82, 2.24) is 4.98 Å². The fourth-order valence-electron chi connectivity index (χ4n) is 1.55. The summed E-state index contributed by atoms with van der Waals surface area (Å²) >= 11 is 1.78. The molecule has 0 aliphatic rings. The van der Waals surface area contributed by atoms with Gasteiger partial charge in [-0.25, -0.2) is 0 Å². The molecule has 0 amide bonds. The molecule has 0 saturated carbocycles. The highest BCUT2D eigenvalue weighted by molar-refractivity contribution is 7.17. The number of hydrogen-bond donors (Lipinski definition) is 0. The van der Waals surface area contributed by atoms with E-state index in [0.717, 1.165) is 0 Å². The van der Waals surface area contributed by atoms with E-state index < -0.39 is 0 Å². The molecule has 3 aromatic rings. The largest absolute Gasteiger partial charge is 0.264 e. The van der Waals surface area contributed by atoms with E-state index >= 15 is 0 Å². The molecule has 0 atom stereocenters. The van der Waals surface area contributed by atoms with E-state index in [1.165, 1.54) is 20.9 Å². The first kappa shape index (κ1) is 7.04. The van der Waals surface area contributed by atoms with Gasteiger partial charge in [0.05, 0.1) is 0 Å². The van der Waals surface area contributed by atoms with Crippen molar-refractivity contribution in [3.63, 3.8) is 0 Å². The van der Waals surface area contributed by atoms with Crippen LogP contribution in [-0.2, 0) is 0 Å². The highest BCUT2D eigenvalue weighted by Crippen LogP contribution is 2.25. The Morgan fingerprint density at radius 1 is 1.00 bits per heavy atom. The predicted molar refractivity (Wildman–Crippen MR) is 57.1 cm³/mol. The molecular formula is C11H7NS. The van der Waals surface area contributed by atoms with Crippen LogP contribution in [0.2, 0.25) is 0 Å². The molecule has 0 bridgehead atoms. The zero-order valence-corrected chi connectivity index (χ0v) is 7.71. The number of nitrogens with zero attached hydrogens (tertiary/aromatic N) is 1. The van der Waals surface area contributed by atoms with Crippen molar-refractivity contribution in [3.8, 4) is 0 Å². The van der Waals surface area contributed by atoms with Gasteiger partial charge in [-0.2, -0.15) is 0 Å². The lowest BCUT2D eigenvalue weighted by Crippen LogP contribution is -1.73. The maximum atomic E-state index is 4.11. The topological polar surface area (TPSA) is 12.9 Å². The number of rotatable bonds is 0. The second-order valence-electron chi connectivity index (χ2n) is 3.03. The van der Waals surface area contributed by atoms with Crippen LogP contribution in [0.5, 0.6) is 0 Å². The van der Waals surface area contributed by atoms with Gasteiger partial charge < -0.3 is 0 Å². The maximum Gasteiger partial charge on any atom is 0.0349 e. The molecular weight excluding hydrogens is 178 g/mol. The Morgan fingerprint density at radius 2 is 2.00 bits per heavy atom. The Kier molecular flexibility index (Phi) is 1.37. The molecule has 1 nitrogen and oxygen atoms in total. The van der Waals surface area contributed by atoms with Gasteiger partial charge in [0.25, 0.3) is 0 Å². The zero-order chi connectivity index (χ0) is 8.67. The molecule has 0 aliphatic carbocycles. The van der Waals surface area contributed by atoms with Crippen LogP contribution in [0.4, 0.5) is 0 Å². The summed E-state index contributed by atoms with van der Waals surface area (Å²) in [5.74, 6) is 0. The van der Waals surface area contributed by atoms with Gasteiger partial charge in [-0.05, 0) is 40.4 Å². The molecule has 0 unspecified atom stereocenters. The van der Waals surface area contributed by atoms with Crippen LogP contribution in [0.3, 0.4) is 0 Å². The minimum absolute atomic E-state index is 1.22. The molecule has 62 valence electrons. The Labute approximate surface area is 79.7 Å². The Hall–Kier alpha value is -1.41. The van der Waals surface area contributed by atoms with Crippen LogP contribution < -0.4 is 0 Å². The third kappa shape index (κ3) is 1.03. The Morgan fingerprint density at radius 3 is 3.00 bits per heavy atom. The van der Waals surface area contributed by atoms with Gasteiger partial charge in [0, 0.05) is 22.5 Å². The summed E-state index contributed by atoms with van der Waals surface area (Å²) in [4.78, 5) is 4.11. The standard InChI is InChI=1S/C11H7NS/c1-3-12-7-10-5-9-2-4-13-11(9)6-8(1)10/h1-7H. The molecule has 0 saturated heterocycles. The van der Waals surface area contributed by atoms with E-state index in [1.54, 1.807) is 11.3 Å². The van der Waals surface area contributed by atoms with Crippen molar-refractivity contribution < 1.29 is 0 Å². The number of pyridine rings is 1. The average molecular weight is 185 g/mol. The minimum atomic E-state index is 1.22. The molecule has 0 spiro atoms. The van der Waals surface area contributed by atoms with Crippen LogP contribution in [0.25, 0.3) is 20.9 Å². The van der Waals surface area contributed by atoms with Crippen LogP contribution in [0, 0.1) is 0 Å². The summed E-state index contributed by atoms with van der Waals surface area (Å²) in [5.41, 5.74) is 0. The maximum absolute atomic E-state index is 4.11. The lowest BCUT2D eigenvalue weighted by atomic mass is 10.1. The number of fused-ring (bicyclic) bond motifs is 2. The van der Waals surface area contributed by atoms with E-state index in [-0.39, 0.29) is 0 Å². The average Bonchev–Trinajstić information content (AvgIpc) is 2.61. The second kappa shape index (κ2) is 2.54. The van der Waals surface area contributed by atoms with Crippen molar-refractivity contribution in [2.75, 3.05) is 0 Å². The molecule has 0 aliphatic heterocycles. The summed E-state index contributed by atoms with van der Waals surface area (Å²) in [5, 5.41) is 5.92. The van der Waals surface area contributed by atoms with Crippen molar-refractivity contribution in [2.45, 2.75) is 0 Å². The van der Waals surface area contributed by atoms with Gasteiger partial charge in [0.2, 0.25) is 0 Å². The summed E-state index contributed by atoms with van der Waals surface area (Å²) in [6, 6.07) is 8.60. The van der Waals surface area contributed by atoms with Gasteiger partial charge in [-0.3, -0.25) is 4.98 Å². The summed E-state index contributed by atoms with van der Waals surface area (Å²) in [6.07, 6.45) is 3.74. The predicted octanol–water partition coefficient (Wildman–Crippen LogP) is 3.45. The van der Waals surface area contributed by atoms with Crippen LogP contribution >= 0.6 is 11.3 Å². The van der Waals surface area contributed by atoms with Crippen LogP contribution in [-0.4, -0.2) is 4.98 Å². The summed E-state index contributed by atoms with van der Waals surface area (Å²) in [7, 11) is 0. The molecule has 2 aromatic heterocycles. The van der Waals surface area contributed by atoms with E-state index in [1.807, 2.05) is 12.4 Å². The third-order valence-corrected chi connectivity index (χ3v) is 3.09. The van der Waals surface area contributed by atoms with Crippen molar-refractivity contribution in [1.29, 1.82) is 0 Å². The quantitative estimate of drug-likeness (QED) is 0.522. The first-order chi connectivity index (χ1) is 6.43. The van der Waals surface area contributed by atoms with E-state index in [2.05, 4.69) is 34.6 Å². The lowest BCUT2D eigenvalue weighted by Gasteiger charge is -1.95. The minimum Gasteiger partial charge on any atom is -0.264 e. The number of aromatic nitrogens is 1. The summed E-state index contributed by atoms with van der Waals surface area (Å²) < 4.78 is 1.35. The smallest absolute Gasteiger partial charge is 0.0349 e. The lowest BCUT2D eigenvalue weighted by molar-refractivity contribution is 1.37. The highest BCUT2D eigenvalue weighted by atomic mass is 32.1. The molecule has 0 radical (unpaired) electrons. The first-order valence-corrected chi connectivity index (χ1v) is 5.02. The molecule has 2 heterocycles.